The summed E-state index contributed by atoms with van der Waals surface area (Å²) in [6, 6.07) is 1.10. The maximum atomic E-state index is 11.9. The third kappa shape index (κ3) is 3.28. The molecule has 104 valence electrons. The van der Waals surface area contributed by atoms with Crippen molar-refractivity contribution in [1.82, 2.24) is 15.3 Å². The first kappa shape index (κ1) is 14.4. The second kappa shape index (κ2) is 5.93. The SMILES string of the molecule is Cc1ncc(CNC(=O)c2cc([N+](=O)[O-])cnc2Cl)s1. The lowest BCUT2D eigenvalue weighted by atomic mass is 10.2. The third-order valence-corrected chi connectivity index (χ3v) is 3.59. The first-order valence-electron chi connectivity index (χ1n) is 5.47. The normalized spacial score (nSPS) is 10.3. The third-order valence-electron chi connectivity index (χ3n) is 2.37. The summed E-state index contributed by atoms with van der Waals surface area (Å²) >= 11 is 7.23. The van der Waals surface area contributed by atoms with Gasteiger partial charge < -0.3 is 5.32 Å². The van der Waals surface area contributed by atoms with Gasteiger partial charge in [0.25, 0.3) is 11.6 Å². The van der Waals surface area contributed by atoms with E-state index >= 15 is 0 Å². The second-order valence-corrected chi connectivity index (χ2v) is 5.49. The van der Waals surface area contributed by atoms with Gasteiger partial charge in [-0.1, -0.05) is 11.6 Å². The van der Waals surface area contributed by atoms with Crippen LogP contribution in [0.4, 0.5) is 5.69 Å². The monoisotopic (exact) mass is 312 g/mol. The first-order valence-corrected chi connectivity index (χ1v) is 6.66. The standard InChI is InChI=1S/C11H9ClN4O3S/c1-6-13-4-8(20-6)5-15-11(17)9-2-7(16(18)19)3-14-10(9)12/h2-4H,5H2,1H3,(H,15,17). The molecule has 0 unspecified atom stereocenters. The highest BCUT2D eigenvalue weighted by molar-refractivity contribution is 7.11. The van der Waals surface area contributed by atoms with Crippen LogP contribution in [0.25, 0.3) is 0 Å². The summed E-state index contributed by atoms with van der Waals surface area (Å²) in [4.78, 5) is 30.5. The summed E-state index contributed by atoms with van der Waals surface area (Å²) in [6.07, 6.45) is 2.67. The highest BCUT2D eigenvalue weighted by Crippen LogP contribution is 2.19. The van der Waals surface area contributed by atoms with Gasteiger partial charge in [-0.15, -0.1) is 11.3 Å². The van der Waals surface area contributed by atoms with Crippen LogP contribution >= 0.6 is 22.9 Å². The van der Waals surface area contributed by atoms with Gasteiger partial charge in [-0.25, -0.2) is 9.97 Å². The molecule has 9 heteroatoms. The first-order chi connectivity index (χ1) is 9.47. The van der Waals surface area contributed by atoms with E-state index in [-0.39, 0.29) is 22.9 Å². The van der Waals surface area contributed by atoms with Crippen LogP contribution in [-0.4, -0.2) is 20.8 Å². The van der Waals surface area contributed by atoms with E-state index in [0.717, 1.165) is 22.1 Å². The van der Waals surface area contributed by atoms with E-state index in [1.165, 1.54) is 11.3 Å². The van der Waals surface area contributed by atoms with Crippen LogP contribution in [-0.2, 0) is 6.54 Å². The smallest absolute Gasteiger partial charge is 0.288 e. The zero-order valence-electron chi connectivity index (χ0n) is 10.3. The largest absolute Gasteiger partial charge is 0.347 e. The van der Waals surface area contributed by atoms with E-state index in [9.17, 15) is 14.9 Å². The maximum Gasteiger partial charge on any atom is 0.288 e. The fourth-order valence-electron chi connectivity index (χ4n) is 1.45. The molecule has 20 heavy (non-hydrogen) atoms. The van der Waals surface area contributed by atoms with Crippen molar-refractivity contribution in [2.24, 2.45) is 0 Å². The Morgan fingerprint density at radius 3 is 2.85 bits per heavy atom. The fourth-order valence-corrected chi connectivity index (χ4v) is 2.37. The van der Waals surface area contributed by atoms with Gasteiger partial charge in [-0.05, 0) is 6.92 Å². The minimum Gasteiger partial charge on any atom is -0.347 e. The number of nitrogens with one attached hydrogen (secondary N) is 1. The molecule has 0 saturated heterocycles. The summed E-state index contributed by atoms with van der Waals surface area (Å²) in [5.74, 6) is -0.516. The Kier molecular flexibility index (Phi) is 4.26. The van der Waals surface area contributed by atoms with Crippen LogP contribution in [0, 0.1) is 17.0 Å². The summed E-state index contributed by atoms with van der Waals surface area (Å²) in [7, 11) is 0. The predicted molar refractivity (Wildman–Crippen MR) is 73.9 cm³/mol. The van der Waals surface area contributed by atoms with Crippen molar-refractivity contribution in [3.05, 3.63) is 49.2 Å². The van der Waals surface area contributed by atoms with E-state index < -0.39 is 10.8 Å². The van der Waals surface area contributed by atoms with E-state index in [2.05, 4.69) is 15.3 Å². The van der Waals surface area contributed by atoms with Crippen molar-refractivity contribution in [1.29, 1.82) is 0 Å². The summed E-state index contributed by atoms with van der Waals surface area (Å²) in [5, 5.41) is 14.1. The number of rotatable bonds is 4. The number of thiazole rings is 1. The summed E-state index contributed by atoms with van der Waals surface area (Å²) in [6.45, 7) is 2.14. The van der Waals surface area contributed by atoms with Gasteiger partial charge in [0.2, 0.25) is 0 Å². The molecular weight excluding hydrogens is 304 g/mol. The fraction of sp³-hybridized carbons (Fsp3) is 0.182. The number of pyridine rings is 1. The quantitative estimate of drug-likeness (QED) is 0.531. The van der Waals surface area contributed by atoms with E-state index in [1.807, 2.05) is 6.92 Å². The number of nitrogens with zero attached hydrogens (tertiary/aromatic N) is 3. The Labute approximate surface area is 122 Å². The molecular formula is C11H9ClN4O3S. The van der Waals surface area contributed by atoms with Gasteiger partial charge in [0.05, 0.1) is 22.0 Å². The van der Waals surface area contributed by atoms with E-state index in [4.69, 9.17) is 11.6 Å². The van der Waals surface area contributed by atoms with Crippen molar-refractivity contribution in [2.45, 2.75) is 13.5 Å². The van der Waals surface area contributed by atoms with Gasteiger partial charge in [0, 0.05) is 17.1 Å². The van der Waals surface area contributed by atoms with Gasteiger partial charge in [-0.3, -0.25) is 14.9 Å². The number of amides is 1. The summed E-state index contributed by atoms with van der Waals surface area (Å²) < 4.78 is 0. The molecule has 0 aromatic carbocycles. The molecule has 0 aliphatic rings. The van der Waals surface area contributed by atoms with Gasteiger partial charge in [0.15, 0.2) is 0 Å². The highest BCUT2D eigenvalue weighted by Gasteiger charge is 2.17. The van der Waals surface area contributed by atoms with E-state index in [0.29, 0.717) is 0 Å². The topological polar surface area (TPSA) is 98.0 Å². The van der Waals surface area contributed by atoms with Crippen LogP contribution in [0.2, 0.25) is 5.15 Å². The lowest BCUT2D eigenvalue weighted by molar-refractivity contribution is -0.385. The summed E-state index contributed by atoms with van der Waals surface area (Å²) in [5.41, 5.74) is -0.310. The van der Waals surface area contributed by atoms with Crippen LogP contribution in [0.15, 0.2) is 18.5 Å². The number of hydrogen-bond acceptors (Lipinski definition) is 6. The molecule has 2 aromatic heterocycles. The molecule has 0 spiro atoms. The molecule has 1 N–H and O–H groups in total. The Morgan fingerprint density at radius 2 is 2.25 bits per heavy atom. The van der Waals surface area contributed by atoms with Crippen LogP contribution in [0.1, 0.15) is 20.2 Å². The number of carbonyl (C=O) groups excluding carboxylic acids is 1. The van der Waals surface area contributed by atoms with Crippen LogP contribution in [0.5, 0.6) is 0 Å². The average molecular weight is 313 g/mol. The Morgan fingerprint density at radius 1 is 1.50 bits per heavy atom. The molecule has 7 nitrogen and oxygen atoms in total. The van der Waals surface area contributed by atoms with Crippen molar-refractivity contribution >= 4 is 34.5 Å². The number of carbonyl (C=O) groups is 1. The number of nitro groups is 1. The van der Waals surface area contributed by atoms with Crippen LogP contribution < -0.4 is 5.32 Å². The molecule has 1 amide bonds. The van der Waals surface area contributed by atoms with Gasteiger partial charge >= 0.3 is 0 Å². The Balaban J connectivity index is 2.12. The van der Waals surface area contributed by atoms with Crippen molar-refractivity contribution in [2.75, 3.05) is 0 Å². The minimum absolute atomic E-state index is 0.0258. The maximum absolute atomic E-state index is 11.9. The van der Waals surface area contributed by atoms with Crippen molar-refractivity contribution < 1.29 is 9.72 Å². The van der Waals surface area contributed by atoms with Gasteiger partial charge in [-0.2, -0.15) is 0 Å². The number of aromatic nitrogens is 2. The second-order valence-electron chi connectivity index (χ2n) is 3.82. The zero-order chi connectivity index (χ0) is 14.7. The minimum atomic E-state index is -0.632. The molecule has 2 heterocycles. The molecule has 0 bridgehead atoms. The average Bonchev–Trinajstić information content (AvgIpc) is 2.82. The van der Waals surface area contributed by atoms with Crippen LogP contribution in [0.3, 0.4) is 0 Å². The van der Waals surface area contributed by atoms with Crippen molar-refractivity contribution in [3.63, 3.8) is 0 Å². The molecule has 0 fully saturated rings. The molecule has 2 aromatic rings. The molecule has 0 aliphatic heterocycles. The molecule has 0 radical (unpaired) electrons. The molecule has 0 aliphatic carbocycles. The Hall–Kier alpha value is -2.06. The lowest BCUT2D eigenvalue weighted by Crippen LogP contribution is -2.23. The van der Waals surface area contributed by atoms with E-state index in [1.54, 1.807) is 6.20 Å². The predicted octanol–water partition coefficient (Wildman–Crippen LogP) is 2.34. The van der Waals surface area contributed by atoms with Gasteiger partial charge in [0.1, 0.15) is 11.3 Å². The van der Waals surface area contributed by atoms with Crippen molar-refractivity contribution in [3.8, 4) is 0 Å². The highest BCUT2D eigenvalue weighted by atomic mass is 35.5. The number of halogens is 1. The number of aryl methyl sites for hydroxylation is 1. The lowest BCUT2D eigenvalue weighted by Gasteiger charge is -2.04. The molecule has 0 saturated carbocycles. The molecule has 2 rings (SSSR count). The zero-order valence-corrected chi connectivity index (χ0v) is 11.9. The Bertz CT molecular complexity index is 673. The number of hydrogen-bond donors (Lipinski definition) is 1. The molecule has 0 atom stereocenters.